The van der Waals surface area contributed by atoms with Gasteiger partial charge in [0.25, 0.3) is 0 Å². The summed E-state index contributed by atoms with van der Waals surface area (Å²) in [4.78, 5) is 0. The van der Waals surface area contributed by atoms with Crippen LogP contribution < -0.4 is 0 Å². The Labute approximate surface area is 107 Å². The van der Waals surface area contributed by atoms with Gasteiger partial charge in [-0.2, -0.15) is 0 Å². The van der Waals surface area contributed by atoms with Crippen LogP contribution in [0.1, 0.15) is 22.3 Å². The predicted octanol–water partition coefficient (Wildman–Crippen LogP) is 2.77. The highest BCUT2D eigenvalue weighted by Crippen LogP contribution is 2.29. The van der Waals surface area contributed by atoms with E-state index in [1.807, 2.05) is 24.3 Å². The number of hydrogen-bond donors (Lipinski definition) is 0. The van der Waals surface area contributed by atoms with E-state index in [1.165, 1.54) is 0 Å². The van der Waals surface area contributed by atoms with Crippen molar-refractivity contribution in [3.63, 3.8) is 0 Å². The smallest absolute Gasteiger partial charge is 0.0574 e. The Kier molecular flexibility index (Phi) is 2.82. The maximum atomic E-state index is 5.54. The first kappa shape index (κ1) is 11.4. The molecule has 0 saturated heterocycles. The van der Waals surface area contributed by atoms with Gasteiger partial charge in [-0.05, 0) is 10.8 Å². The number of benzene rings is 2. The summed E-state index contributed by atoms with van der Waals surface area (Å²) in [6.45, 7) is 0. The predicted molar refractivity (Wildman–Crippen MR) is 75.7 cm³/mol. The molecule has 0 atom stereocenters. The maximum absolute atomic E-state index is 5.54. The molecule has 18 heavy (non-hydrogen) atoms. The fraction of sp³-hybridized carbons (Fsp3) is 0. The standard InChI is InChI=1S/C18H8/c1-5-13-14(6-2)16(8-4)18-12-10-9-11-17(18)15(13)7-3/h1-4,9-12H. The molecule has 0 bridgehead atoms. The van der Waals surface area contributed by atoms with E-state index >= 15 is 0 Å². The summed E-state index contributed by atoms with van der Waals surface area (Å²) in [5.74, 6) is 10.3. The Hall–Kier alpha value is -3.06. The molecule has 0 aliphatic heterocycles. The van der Waals surface area contributed by atoms with Gasteiger partial charge in [0.15, 0.2) is 0 Å². The van der Waals surface area contributed by atoms with Gasteiger partial charge in [-0.3, -0.25) is 0 Å². The molecule has 0 heteroatoms. The van der Waals surface area contributed by atoms with E-state index in [1.54, 1.807) is 0 Å². The van der Waals surface area contributed by atoms with Gasteiger partial charge in [0, 0.05) is 11.1 Å². The molecule has 0 N–H and O–H groups in total. The largest absolute Gasteiger partial charge is 0.115 e. The third-order valence-corrected chi connectivity index (χ3v) is 2.79. The van der Waals surface area contributed by atoms with Crippen LogP contribution in [0.15, 0.2) is 24.3 Å². The van der Waals surface area contributed by atoms with Crippen LogP contribution >= 0.6 is 0 Å². The summed E-state index contributed by atoms with van der Waals surface area (Å²) in [7, 11) is 0. The molecule has 2 aromatic carbocycles. The van der Waals surface area contributed by atoms with Gasteiger partial charge in [0.05, 0.1) is 11.1 Å². The topological polar surface area (TPSA) is 0 Å². The van der Waals surface area contributed by atoms with Crippen LogP contribution in [0, 0.1) is 49.4 Å². The van der Waals surface area contributed by atoms with Crippen molar-refractivity contribution >= 4 is 10.8 Å². The fourth-order valence-corrected chi connectivity index (χ4v) is 2.03. The molecule has 0 nitrogen and oxygen atoms in total. The molecule has 0 amide bonds. The number of rotatable bonds is 0. The summed E-state index contributed by atoms with van der Waals surface area (Å²) in [5.41, 5.74) is 2.29. The van der Waals surface area contributed by atoms with Gasteiger partial charge in [0.1, 0.15) is 0 Å². The minimum Gasteiger partial charge on any atom is -0.115 e. The number of fused-ring (bicyclic) bond motifs is 1. The van der Waals surface area contributed by atoms with Crippen molar-refractivity contribution in [1.82, 2.24) is 0 Å². The van der Waals surface area contributed by atoms with Crippen LogP contribution in [-0.2, 0) is 0 Å². The number of hydrogen-bond acceptors (Lipinski definition) is 0. The fourth-order valence-electron chi connectivity index (χ4n) is 2.03. The minimum atomic E-state index is 0.520. The van der Waals surface area contributed by atoms with Crippen molar-refractivity contribution in [3.8, 4) is 49.4 Å². The van der Waals surface area contributed by atoms with Gasteiger partial charge >= 0.3 is 0 Å². The van der Waals surface area contributed by atoms with E-state index < -0.39 is 0 Å². The second-order valence-corrected chi connectivity index (χ2v) is 3.62. The average molecular weight is 224 g/mol. The second kappa shape index (κ2) is 4.44. The normalized spacial score (nSPS) is 8.89. The lowest BCUT2D eigenvalue weighted by molar-refractivity contribution is 1.57. The highest BCUT2D eigenvalue weighted by molar-refractivity contribution is 5.97. The Morgan fingerprint density at radius 3 is 1.17 bits per heavy atom. The zero-order valence-electron chi connectivity index (χ0n) is 9.62. The lowest BCUT2D eigenvalue weighted by atomic mass is 9.90. The molecule has 0 heterocycles. The van der Waals surface area contributed by atoms with Crippen molar-refractivity contribution in [2.75, 3.05) is 0 Å². The zero-order chi connectivity index (χ0) is 13.1. The summed E-state index contributed by atoms with van der Waals surface area (Å²) in [6, 6.07) is 7.57. The Morgan fingerprint density at radius 2 is 0.889 bits per heavy atom. The maximum Gasteiger partial charge on any atom is 0.0574 e. The SMILES string of the molecule is C#Cc1c(C#C)c(C#C)c2ccccc2c1C#C. The minimum absolute atomic E-state index is 0.520. The molecule has 2 rings (SSSR count). The van der Waals surface area contributed by atoms with Gasteiger partial charge in [-0.1, -0.05) is 47.9 Å². The monoisotopic (exact) mass is 224 g/mol. The molecule has 0 spiro atoms. The third-order valence-electron chi connectivity index (χ3n) is 2.79. The van der Waals surface area contributed by atoms with Crippen LogP contribution in [-0.4, -0.2) is 0 Å². The van der Waals surface area contributed by atoms with Crippen molar-refractivity contribution in [2.45, 2.75) is 0 Å². The van der Waals surface area contributed by atoms with Crippen LogP contribution in [0.4, 0.5) is 0 Å². The molecular formula is C18H8. The molecule has 0 aromatic heterocycles. The summed E-state index contributed by atoms with van der Waals surface area (Å²) < 4.78 is 0. The summed E-state index contributed by atoms with van der Waals surface area (Å²) >= 11 is 0. The Balaban J connectivity index is 3.20. The molecule has 0 fully saturated rings. The lowest BCUT2D eigenvalue weighted by Gasteiger charge is -2.10. The second-order valence-electron chi connectivity index (χ2n) is 3.62. The first-order chi connectivity index (χ1) is 8.78. The first-order valence-electron chi connectivity index (χ1n) is 5.23. The Bertz CT molecular complexity index is 736. The van der Waals surface area contributed by atoms with Gasteiger partial charge in [0.2, 0.25) is 0 Å². The number of terminal acetylenes is 4. The quantitative estimate of drug-likeness (QED) is 0.604. The molecule has 2 aromatic rings. The van der Waals surface area contributed by atoms with Crippen LogP contribution in [0.3, 0.4) is 0 Å². The Morgan fingerprint density at radius 1 is 0.556 bits per heavy atom. The molecule has 0 aliphatic carbocycles. The van der Waals surface area contributed by atoms with E-state index in [0.717, 1.165) is 10.8 Å². The molecule has 80 valence electrons. The summed E-state index contributed by atoms with van der Waals surface area (Å²) in [6.07, 6.45) is 22.1. The summed E-state index contributed by atoms with van der Waals surface area (Å²) in [5, 5.41) is 1.72. The van der Waals surface area contributed by atoms with Crippen LogP contribution in [0.5, 0.6) is 0 Å². The van der Waals surface area contributed by atoms with Crippen LogP contribution in [0.2, 0.25) is 0 Å². The van der Waals surface area contributed by atoms with Crippen molar-refractivity contribution < 1.29 is 0 Å². The van der Waals surface area contributed by atoms with E-state index in [9.17, 15) is 0 Å². The van der Waals surface area contributed by atoms with Crippen molar-refractivity contribution in [2.24, 2.45) is 0 Å². The molecule has 0 saturated carbocycles. The lowest BCUT2D eigenvalue weighted by Crippen LogP contribution is -1.97. The molecule has 0 unspecified atom stereocenters. The van der Waals surface area contributed by atoms with E-state index in [0.29, 0.717) is 22.3 Å². The highest BCUT2D eigenvalue weighted by atomic mass is 14.1. The molecular weight excluding hydrogens is 216 g/mol. The van der Waals surface area contributed by atoms with E-state index in [4.69, 9.17) is 25.7 Å². The molecule has 0 radical (unpaired) electrons. The molecule has 0 aliphatic rings. The highest BCUT2D eigenvalue weighted by Gasteiger charge is 2.14. The van der Waals surface area contributed by atoms with Gasteiger partial charge in [-0.25, -0.2) is 0 Å². The van der Waals surface area contributed by atoms with E-state index in [-0.39, 0.29) is 0 Å². The van der Waals surface area contributed by atoms with Crippen LogP contribution in [0.25, 0.3) is 10.8 Å². The van der Waals surface area contributed by atoms with Crippen molar-refractivity contribution in [3.05, 3.63) is 46.5 Å². The van der Waals surface area contributed by atoms with Gasteiger partial charge < -0.3 is 0 Å². The van der Waals surface area contributed by atoms with Gasteiger partial charge in [-0.15, -0.1) is 25.7 Å². The van der Waals surface area contributed by atoms with Crippen molar-refractivity contribution in [1.29, 1.82) is 0 Å². The third kappa shape index (κ3) is 1.43. The van der Waals surface area contributed by atoms with E-state index in [2.05, 4.69) is 23.7 Å². The zero-order valence-corrected chi connectivity index (χ0v) is 9.62. The first-order valence-corrected chi connectivity index (χ1v) is 5.23. The average Bonchev–Trinajstić information content (AvgIpc) is 2.44.